The van der Waals surface area contributed by atoms with Crippen molar-refractivity contribution in [1.29, 1.82) is 0 Å². The van der Waals surface area contributed by atoms with Crippen LogP contribution in [-0.4, -0.2) is 23.9 Å². The number of alkyl halides is 2. The van der Waals surface area contributed by atoms with Crippen LogP contribution in [0.3, 0.4) is 0 Å². The molecule has 1 aliphatic heterocycles. The SMILES string of the molecule is CCC1CCN(Cc2cccc(C(C)C)c2)CC1(F)F. The molecule has 1 aliphatic rings. The maximum absolute atomic E-state index is 14.0. The molecule has 0 bridgehead atoms. The van der Waals surface area contributed by atoms with Gasteiger partial charge in [0, 0.05) is 12.5 Å². The molecular weight excluding hydrogens is 256 g/mol. The van der Waals surface area contributed by atoms with Crippen LogP contribution < -0.4 is 0 Å². The number of likely N-dealkylation sites (tertiary alicyclic amines) is 1. The minimum atomic E-state index is -2.54. The molecule has 1 fully saturated rings. The highest BCUT2D eigenvalue weighted by Gasteiger charge is 2.43. The molecule has 20 heavy (non-hydrogen) atoms. The first kappa shape index (κ1) is 15.4. The van der Waals surface area contributed by atoms with E-state index in [1.54, 1.807) is 0 Å². The lowest BCUT2D eigenvalue weighted by atomic mass is 9.90. The first-order valence-corrected chi connectivity index (χ1v) is 7.61. The van der Waals surface area contributed by atoms with E-state index in [-0.39, 0.29) is 6.54 Å². The average Bonchev–Trinajstić information content (AvgIpc) is 2.38. The highest BCUT2D eigenvalue weighted by molar-refractivity contribution is 5.25. The van der Waals surface area contributed by atoms with Crippen LogP contribution in [0.5, 0.6) is 0 Å². The van der Waals surface area contributed by atoms with E-state index < -0.39 is 11.8 Å². The minimum absolute atomic E-state index is 0.0998. The van der Waals surface area contributed by atoms with Crippen LogP contribution in [0.1, 0.15) is 50.7 Å². The van der Waals surface area contributed by atoms with Gasteiger partial charge in [-0.15, -0.1) is 0 Å². The standard InChI is InChI=1S/C17H25F2N/c1-4-16-8-9-20(12-17(16,18)19)11-14-6-5-7-15(10-14)13(2)3/h5-7,10,13,16H,4,8-9,11-12H2,1-3H3. The zero-order chi connectivity index (χ0) is 14.8. The summed E-state index contributed by atoms with van der Waals surface area (Å²) in [5.41, 5.74) is 2.42. The Labute approximate surface area is 121 Å². The molecule has 1 aromatic carbocycles. The molecule has 1 nitrogen and oxygen atoms in total. The van der Waals surface area contributed by atoms with Gasteiger partial charge in [-0.05, 0) is 36.4 Å². The molecule has 0 N–H and O–H groups in total. The van der Waals surface area contributed by atoms with Crippen LogP contribution in [0, 0.1) is 5.92 Å². The van der Waals surface area contributed by atoms with E-state index in [0.29, 0.717) is 25.3 Å². The number of halogens is 2. The van der Waals surface area contributed by atoms with Gasteiger partial charge in [0.15, 0.2) is 0 Å². The van der Waals surface area contributed by atoms with Crippen LogP contribution in [0.15, 0.2) is 24.3 Å². The summed E-state index contributed by atoms with van der Waals surface area (Å²) in [6.07, 6.45) is 1.18. The van der Waals surface area contributed by atoms with E-state index in [0.717, 1.165) is 12.1 Å². The first-order valence-electron chi connectivity index (χ1n) is 7.61. The fourth-order valence-electron chi connectivity index (χ4n) is 3.00. The lowest BCUT2D eigenvalue weighted by Gasteiger charge is -2.38. The van der Waals surface area contributed by atoms with E-state index in [2.05, 4.69) is 26.0 Å². The highest BCUT2D eigenvalue weighted by Crippen LogP contribution is 2.35. The van der Waals surface area contributed by atoms with Crippen molar-refractivity contribution in [3.05, 3.63) is 35.4 Å². The predicted molar refractivity (Wildman–Crippen MR) is 79.2 cm³/mol. The molecule has 1 saturated heterocycles. The molecule has 0 radical (unpaired) electrons. The first-order chi connectivity index (χ1) is 9.42. The number of nitrogens with zero attached hydrogens (tertiary/aromatic N) is 1. The molecule has 112 valence electrons. The number of hydrogen-bond acceptors (Lipinski definition) is 1. The minimum Gasteiger partial charge on any atom is -0.293 e. The Balaban J connectivity index is 2.02. The molecule has 2 rings (SSSR count). The van der Waals surface area contributed by atoms with Crippen molar-refractivity contribution >= 4 is 0 Å². The summed E-state index contributed by atoms with van der Waals surface area (Å²) >= 11 is 0. The maximum Gasteiger partial charge on any atom is 0.263 e. The van der Waals surface area contributed by atoms with Crippen molar-refractivity contribution in [3.63, 3.8) is 0 Å². The Morgan fingerprint density at radius 3 is 2.70 bits per heavy atom. The topological polar surface area (TPSA) is 3.24 Å². The fraction of sp³-hybridized carbons (Fsp3) is 0.647. The summed E-state index contributed by atoms with van der Waals surface area (Å²) in [5.74, 6) is -2.51. The highest BCUT2D eigenvalue weighted by atomic mass is 19.3. The second kappa shape index (κ2) is 6.21. The Hall–Kier alpha value is -0.960. The van der Waals surface area contributed by atoms with E-state index in [1.807, 2.05) is 24.0 Å². The molecule has 0 aromatic heterocycles. The number of benzene rings is 1. The average molecular weight is 281 g/mol. The Morgan fingerprint density at radius 1 is 1.35 bits per heavy atom. The second-order valence-electron chi connectivity index (χ2n) is 6.27. The van der Waals surface area contributed by atoms with Crippen molar-refractivity contribution < 1.29 is 8.78 Å². The summed E-state index contributed by atoms with van der Waals surface area (Å²) in [6.45, 7) is 7.48. The smallest absolute Gasteiger partial charge is 0.263 e. The van der Waals surface area contributed by atoms with Crippen LogP contribution in [0.2, 0.25) is 0 Å². The number of hydrogen-bond donors (Lipinski definition) is 0. The van der Waals surface area contributed by atoms with Crippen LogP contribution >= 0.6 is 0 Å². The van der Waals surface area contributed by atoms with Crippen LogP contribution in [0.4, 0.5) is 8.78 Å². The van der Waals surface area contributed by atoms with Crippen molar-refractivity contribution in [2.24, 2.45) is 5.92 Å². The summed E-state index contributed by atoms with van der Waals surface area (Å²) in [6, 6.07) is 8.32. The molecule has 1 unspecified atom stereocenters. The Bertz CT molecular complexity index is 442. The molecule has 3 heteroatoms. The molecule has 0 aliphatic carbocycles. The van der Waals surface area contributed by atoms with Crippen LogP contribution in [-0.2, 0) is 6.54 Å². The summed E-state index contributed by atoms with van der Waals surface area (Å²) < 4.78 is 28.0. The Kier molecular flexibility index (Phi) is 4.79. The van der Waals surface area contributed by atoms with E-state index in [1.165, 1.54) is 5.56 Å². The Morgan fingerprint density at radius 2 is 2.10 bits per heavy atom. The summed E-state index contributed by atoms with van der Waals surface area (Å²) in [5, 5.41) is 0. The number of rotatable bonds is 4. The third-order valence-electron chi connectivity index (χ3n) is 4.34. The monoisotopic (exact) mass is 281 g/mol. The predicted octanol–water partition coefficient (Wildman–Crippen LogP) is 4.68. The quantitative estimate of drug-likeness (QED) is 0.774. The fourth-order valence-corrected chi connectivity index (χ4v) is 3.00. The van der Waals surface area contributed by atoms with Gasteiger partial charge in [-0.2, -0.15) is 0 Å². The molecule has 1 heterocycles. The normalized spacial score (nSPS) is 23.2. The molecule has 1 atom stereocenters. The van der Waals surface area contributed by atoms with Gasteiger partial charge in [0.05, 0.1) is 6.54 Å². The zero-order valence-electron chi connectivity index (χ0n) is 12.7. The summed E-state index contributed by atoms with van der Waals surface area (Å²) in [4.78, 5) is 1.89. The van der Waals surface area contributed by atoms with Gasteiger partial charge < -0.3 is 0 Å². The van der Waals surface area contributed by atoms with Gasteiger partial charge in [-0.3, -0.25) is 4.90 Å². The number of piperidine rings is 1. The van der Waals surface area contributed by atoms with E-state index in [4.69, 9.17) is 0 Å². The molecule has 1 aromatic rings. The van der Waals surface area contributed by atoms with Gasteiger partial charge in [-0.25, -0.2) is 8.78 Å². The van der Waals surface area contributed by atoms with Crippen molar-refractivity contribution in [2.45, 2.75) is 52.0 Å². The largest absolute Gasteiger partial charge is 0.293 e. The van der Waals surface area contributed by atoms with Crippen molar-refractivity contribution in [3.8, 4) is 0 Å². The van der Waals surface area contributed by atoms with Gasteiger partial charge in [0.2, 0.25) is 0 Å². The van der Waals surface area contributed by atoms with Crippen molar-refractivity contribution in [2.75, 3.05) is 13.1 Å². The van der Waals surface area contributed by atoms with Crippen LogP contribution in [0.25, 0.3) is 0 Å². The molecule has 0 amide bonds. The van der Waals surface area contributed by atoms with Crippen molar-refractivity contribution in [1.82, 2.24) is 4.90 Å². The summed E-state index contributed by atoms with van der Waals surface area (Å²) in [7, 11) is 0. The van der Waals surface area contributed by atoms with E-state index in [9.17, 15) is 8.78 Å². The zero-order valence-corrected chi connectivity index (χ0v) is 12.7. The molecule has 0 spiro atoms. The molecular formula is C17H25F2N. The lowest BCUT2D eigenvalue weighted by Crippen LogP contribution is -2.47. The third kappa shape index (κ3) is 3.57. The van der Waals surface area contributed by atoms with Gasteiger partial charge >= 0.3 is 0 Å². The maximum atomic E-state index is 14.0. The van der Waals surface area contributed by atoms with E-state index >= 15 is 0 Å². The second-order valence-corrected chi connectivity index (χ2v) is 6.27. The third-order valence-corrected chi connectivity index (χ3v) is 4.34. The van der Waals surface area contributed by atoms with Gasteiger partial charge in [0.25, 0.3) is 5.92 Å². The van der Waals surface area contributed by atoms with Gasteiger partial charge in [0.1, 0.15) is 0 Å². The van der Waals surface area contributed by atoms with Gasteiger partial charge in [-0.1, -0.05) is 45.0 Å². The molecule has 0 saturated carbocycles. The lowest BCUT2D eigenvalue weighted by molar-refractivity contribution is -0.113.